The molecule has 0 spiro atoms. The smallest absolute Gasteiger partial charge is 0.0534 e. The highest BCUT2D eigenvalue weighted by Gasteiger charge is 2.21. The highest BCUT2D eigenvalue weighted by atomic mass is 32.2. The van der Waals surface area contributed by atoms with E-state index in [0.717, 1.165) is 25.7 Å². The molecule has 2 aliphatic heterocycles. The van der Waals surface area contributed by atoms with Gasteiger partial charge in [0.05, 0.1) is 5.52 Å². The number of hydrogen-bond donors (Lipinski definition) is 0. The average molecular weight is 343 g/mol. The van der Waals surface area contributed by atoms with Crippen LogP contribution < -0.4 is 0 Å². The van der Waals surface area contributed by atoms with Gasteiger partial charge in [-0.3, -0.25) is 0 Å². The summed E-state index contributed by atoms with van der Waals surface area (Å²) in [4.78, 5) is 2.81. The lowest BCUT2D eigenvalue weighted by Crippen LogP contribution is -2.05. The van der Waals surface area contributed by atoms with E-state index in [2.05, 4.69) is 72.2 Å². The molecule has 1 aliphatic carbocycles. The van der Waals surface area contributed by atoms with E-state index in [4.69, 9.17) is 0 Å². The minimum absolute atomic E-state index is 1.10. The summed E-state index contributed by atoms with van der Waals surface area (Å²) in [5.74, 6) is 0. The summed E-state index contributed by atoms with van der Waals surface area (Å²) in [6.07, 6.45) is 20.4. The second kappa shape index (κ2) is 5.96. The van der Waals surface area contributed by atoms with E-state index in [1.807, 2.05) is 11.8 Å². The van der Waals surface area contributed by atoms with Crippen molar-refractivity contribution in [2.45, 2.75) is 32.6 Å². The molecule has 0 saturated heterocycles. The van der Waals surface area contributed by atoms with Gasteiger partial charge in [-0.1, -0.05) is 53.8 Å². The van der Waals surface area contributed by atoms with Gasteiger partial charge in [-0.2, -0.15) is 0 Å². The lowest BCUT2D eigenvalue weighted by Gasteiger charge is -2.16. The first-order valence-corrected chi connectivity index (χ1v) is 9.88. The third kappa shape index (κ3) is 2.56. The zero-order valence-electron chi connectivity index (χ0n) is 14.5. The van der Waals surface area contributed by atoms with Gasteiger partial charge in [0.2, 0.25) is 0 Å². The van der Waals surface area contributed by atoms with Gasteiger partial charge in [-0.25, -0.2) is 0 Å². The first-order chi connectivity index (χ1) is 12.3. The van der Waals surface area contributed by atoms with Crippen LogP contribution in [0.25, 0.3) is 22.7 Å². The van der Waals surface area contributed by atoms with Crippen molar-refractivity contribution in [1.29, 1.82) is 0 Å². The quantitative estimate of drug-likeness (QED) is 0.563. The number of hydrogen-bond acceptors (Lipinski definition) is 1. The fourth-order valence-electron chi connectivity index (χ4n) is 4.07. The Bertz CT molecular complexity index is 1020. The SMILES string of the molecule is Cc1ccc2c(c1)c1c(n2C2=CC3=CC=CC=C(CC2)S3)CCC=C1. The van der Waals surface area contributed by atoms with E-state index < -0.39 is 0 Å². The van der Waals surface area contributed by atoms with Crippen molar-refractivity contribution in [3.63, 3.8) is 0 Å². The Morgan fingerprint density at radius 3 is 2.92 bits per heavy atom. The van der Waals surface area contributed by atoms with Gasteiger partial charge in [-0.15, -0.1) is 0 Å². The first-order valence-electron chi connectivity index (χ1n) is 9.06. The van der Waals surface area contributed by atoms with E-state index in [0.29, 0.717) is 0 Å². The van der Waals surface area contributed by atoms with Gasteiger partial charge in [0.25, 0.3) is 0 Å². The van der Waals surface area contributed by atoms with Crippen LogP contribution in [-0.2, 0) is 6.42 Å². The molecular formula is C23H21NS. The molecule has 1 aromatic carbocycles. The van der Waals surface area contributed by atoms with Crippen LogP contribution in [-0.4, -0.2) is 4.57 Å². The van der Waals surface area contributed by atoms with Crippen molar-refractivity contribution in [1.82, 2.24) is 4.57 Å². The topological polar surface area (TPSA) is 4.93 Å². The van der Waals surface area contributed by atoms with Gasteiger partial charge in [0.15, 0.2) is 0 Å². The molecule has 5 rings (SSSR count). The highest BCUT2D eigenvalue weighted by Crippen LogP contribution is 2.41. The number of allylic oxidation sites excluding steroid dienone is 8. The standard InChI is InChI=1S/C23H21NS/c1-16-10-13-23-21(14-16)20-8-4-5-9-22(20)24(23)17-11-12-18-6-2-3-7-19(15-17)25-18/h2-4,6-8,10,13-15H,5,9,11-12H2,1H3. The molecule has 0 saturated carbocycles. The summed E-state index contributed by atoms with van der Waals surface area (Å²) in [5.41, 5.74) is 7.04. The molecule has 2 heteroatoms. The lowest BCUT2D eigenvalue weighted by molar-refractivity contribution is 0.866. The molecule has 3 aliphatic rings. The van der Waals surface area contributed by atoms with Crippen LogP contribution in [0.15, 0.2) is 64.5 Å². The molecule has 0 amide bonds. The Hall–Kier alpha value is -2.19. The first kappa shape index (κ1) is 15.1. The minimum atomic E-state index is 1.10. The normalized spacial score (nSPS) is 19.0. The number of nitrogens with zero attached hydrogens (tertiary/aromatic N) is 1. The van der Waals surface area contributed by atoms with Gasteiger partial charge in [0, 0.05) is 27.2 Å². The Morgan fingerprint density at radius 1 is 1.04 bits per heavy atom. The monoisotopic (exact) mass is 343 g/mol. The largest absolute Gasteiger partial charge is 0.317 e. The van der Waals surface area contributed by atoms with E-state index >= 15 is 0 Å². The number of rotatable bonds is 1. The maximum Gasteiger partial charge on any atom is 0.0534 e. The molecule has 0 unspecified atom stereocenters. The van der Waals surface area contributed by atoms with E-state index in [9.17, 15) is 0 Å². The van der Waals surface area contributed by atoms with Gasteiger partial charge in [-0.05, 0) is 61.8 Å². The van der Waals surface area contributed by atoms with Crippen LogP contribution >= 0.6 is 11.8 Å². The summed E-state index contributed by atoms with van der Waals surface area (Å²) in [5, 5.41) is 1.40. The Morgan fingerprint density at radius 2 is 1.96 bits per heavy atom. The highest BCUT2D eigenvalue weighted by molar-refractivity contribution is 8.06. The van der Waals surface area contributed by atoms with Crippen LogP contribution in [0, 0.1) is 6.92 Å². The molecule has 1 nitrogen and oxygen atoms in total. The summed E-state index contributed by atoms with van der Waals surface area (Å²) in [6.45, 7) is 2.19. The predicted molar refractivity (Wildman–Crippen MR) is 110 cm³/mol. The minimum Gasteiger partial charge on any atom is -0.317 e. The Kier molecular flexibility index (Phi) is 3.60. The molecule has 0 N–H and O–H groups in total. The van der Waals surface area contributed by atoms with Crippen LogP contribution in [0.5, 0.6) is 0 Å². The van der Waals surface area contributed by atoms with Gasteiger partial charge in [0.1, 0.15) is 0 Å². The Labute approximate surface area is 153 Å². The maximum atomic E-state index is 2.55. The molecule has 124 valence electrons. The fourth-order valence-corrected chi connectivity index (χ4v) is 5.07. The zero-order valence-corrected chi connectivity index (χ0v) is 15.3. The molecule has 2 aromatic rings. The summed E-state index contributed by atoms with van der Waals surface area (Å²) in [6, 6.07) is 6.90. The van der Waals surface area contributed by atoms with E-state index in [1.54, 1.807) is 0 Å². The molecule has 25 heavy (non-hydrogen) atoms. The number of thioether (sulfide) groups is 1. The number of aromatic nitrogens is 1. The third-order valence-corrected chi connectivity index (χ3v) is 6.31. The zero-order chi connectivity index (χ0) is 16.8. The predicted octanol–water partition coefficient (Wildman–Crippen LogP) is 6.61. The molecule has 0 radical (unpaired) electrons. The molecule has 1 aromatic heterocycles. The molecule has 3 heterocycles. The summed E-state index contributed by atoms with van der Waals surface area (Å²) >= 11 is 1.92. The number of aryl methyl sites for hydroxylation is 1. The molecule has 2 bridgehead atoms. The molecule has 0 fully saturated rings. The molecular weight excluding hydrogens is 322 g/mol. The van der Waals surface area contributed by atoms with Crippen LogP contribution in [0.4, 0.5) is 0 Å². The van der Waals surface area contributed by atoms with Crippen molar-refractivity contribution in [2.75, 3.05) is 0 Å². The average Bonchev–Trinajstić information content (AvgIpc) is 2.78. The van der Waals surface area contributed by atoms with Crippen molar-refractivity contribution >= 4 is 34.4 Å². The lowest BCUT2D eigenvalue weighted by atomic mass is 10.0. The van der Waals surface area contributed by atoms with Crippen LogP contribution in [0.2, 0.25) is 0 Å². The van der Waals surface area contributed by atoms with E-state index in [1.165, 1.54) is 43.2 Å². The van der Waals surface area contributed by atoms with Crippen molar-refractivity contribution in [2.24, 2.45) is 0 Å². The second-order valence-electron chi connectivity index (χ2n) is 6.98. The van der Waals surface area contributed by atoms with E-state index in [-0.39, 0.29) is 0 Å². The van der Waals surface area contributed by atoms with Crippen molar-refractivity contribution in [3.05, 3.63) is 81.3 Å². The second-order valence-corrected chi connectivity index (χ2v) is 8.18. The van der Waals surface area contributed by atoms with Crippen molar-refractivity contribution < 1.29 is 0 Å². The summed E-state index contributed by atoms with van der Waals surface area (Å²) < 4.78 is 2.55. The summed E-state index contributed by atoms with van der Waals surface area (Å²) in [7, 11) is 0. The van der Waals surface area contributed by atoms with Crippen LogP contribution in [0.1, 0.15) is 36.1 Å². The number of fused-ring (bicyclic) bond motifs is 5. The number of benzene rings is 1. The fraction of sp³-hybridized carbons (Fsp3) is 0.217. The third-order valence-electron chi connectivity index (χ3n) is 5.22. The maximum absolute atomic E-state index is 2.55. The van der Waals surface area contributed by atoms with Crippen molar-refractivity contribution in [3.8, 4) is 0 Å². The van der Waals surface area contributed by atoms with Gasteiger partial charge < -0.3 is 4.57 Å². The van der Waals surface area contributed by atoms with Crippen LogP contribution in [0.3, 0.4) is 0 Å². The van der Waals surface area contributed by atoms with Gasteiger partial charge >= 0.3 is 0 Å². The molecule has 0 atom stereocenters. The Balaban J connectivity index is 1.76.